The molecule has 21 heavy (non-hydrogen) atoms. The summed E-state index contributed by atoms with van der Waals surface area (Å²) in [6, 6.07) is 0.672. The van der Waals surface area contributed by atoms with Gasteiger partial charge in [-0.05, 0) is 52.5 Å². The maximum atomic E-state index is 12.9. The lowest BCUT2D eigenvalue weighted by Crippen LogP contribution is -2.63. The van der Waals surface area contributed by atoms with Crippen LogP contribution in [0.15, 0.2) is 0 Å². The number of likely N-dealkylation sites (N-methyl/N-ethyl adjacent to an activating group) is 1. The van der Waals surface area contributed by atoms with E-state index >= 15 is 0 Å². The first-order chi connectivity index (χ1) is 9.97. The molecule has 120 valence electrons. The molecule has 1 saturated carbocycles. The summed E-state index contributed by atoms with van der Waals surface area (Å²) in [5.74, 6) is 1.17. The summed E-state index contributed by atoms with van der Waals surface area (Å²) >= 11 is 0. The first kappa shape index (κ1) is 15.3. The maximum absolute atomic E-state index is 12.9. The number of fused-ring (bicyclic) bond motifs is 1. The third kappa shape index (κ3) is 3.11. The Morgan fingerprint density at radius 3 is 2.62 bits per heavy atom. The Labute approximate surface area is 129 Å². The predicted octanol–water partition coefficient (Wildman–Crippen LogP) is 1.85. The number of nitrogens with one attached hydrogen (secondary N) is 1. The molecule has 3 aliphatic rings. The van der Waals surface area contributed by atoms with Crippen LogP contribution in [0.3, 0.4) is 0 Å². The number of piperazine rings is 1. The largest absolute Gasteiger partial charge is 0.338 e. The van der Waals surface area contributed by atoms with Gasteiger partial charge in [0, 0.05) is 31.2 Å². The Balaban J connectivity index is 1.60. The van der Waals surface area contributed by atoms with E-state index in [0.29, 0.717) is 11.9 Å². The summed E-state index contributed by atoms with van der Waals surface area (Å²) in [5.41, 5.74) is 0.0932. The smallest absolute Gasteiger partial charge is 0.239 e. The number of amides is 1. The fourth-order valence-electron chi connectivity index (χ4n) is 4.34. The molecule has 0 radical (unpaired) electrons. The average molecular weight is 293 g/mol. The lowest BCUT2D eigenvalue weighted by Gasteiger charge is -2.47. The molecule has 4 nitrogen and oxygen atoms in total. The minimum Gasteiger partial charge on any atom is -0.338 e. The van der Waals surface area contributed by atoms with E-state index in [9.17, 15) is 4.79 Å². The molecule has 3 rings (SSSR count). The van der Waals surface area contributed by atoms with Crippen molar-refractivity contribution >= 4 is 5.91 Å². The van der Waals surface area contributed by atoms with Gasteiger partial charge in [0.2, 0.25) is 5.91 Å². The van der Waals surface area contributed by atoms with E-state index in [-0.39, 0.29) is 11.6 Å². The van der Waals surface area contributed by atoms with Gasteiger partial charge in [-0.2, -0.15) is 0 Å². The highest BCUT2D eigenvalue weighted by atomic mass is 16.2. The molecule has 0 spiro atoms. The molecular formula is C17H31N3O. The highest BCUT2D eigenvalue weighted by molar-refractivity contribution is 5.82. The summed E-state index contributed by atoms with van der Waals surface area (Å²) in [6.45, 7) is 7.19. The van der Waals surface area contributed by atoms with Crippen molar-refractivity contribution in [3.63, 3.8) is 0 Å². The molecule has 3 atom stereocenters. The predicted molar refractivity (Wildman–Crippen MR) is 85.2 cm³/mol. The van der Waals surface area contributed by atoms with Crippen molar-refractivity contribution in [2.75, 3.05) is 26.7 Å². The van der Waals surface area contributed by atoms with Crippen LogP contribution in [-0.4, -0.2) is 60.0 Å². The van der Waals surface area contributed by atoms with E-state index in [1.807, 2.05) is 0 Å². The zero-order valence-corrected chi connectivity index (χ0v) is 13.9. The Kier molecular flexibility index (Phi) is 4.28. The minimum atomic E-state index is 0.0727. The number of piperidine rings is 1. The van der Waals surface area contributed by atoms with E-state index in [1.165, 1.54) is 32.1 Å². The molecular weight excluding hydrogens is 262 g/mol. The van der Waals surface area contributed by atoms with Crippen molar-refractivity contribution < 1.29 is 4.79 Å². The van der Waals surface area contributed by atoms with Gasteiger partial charge in [0.05, 0.1) is 6.04 Å². The fourth-order valence-corrected chi connectivity index (χ4v) is 4.34. The summed E-state index contributed by atoms with van der Waals surface area (Å²) in [5, 5.41) is 3.69. The number of carbonyl (C=O) groups is 1. The summed E-state index contributed by atoms with van der Waals surface area (Å²) < 4.78 is 0. The van der Waals surface area contributed by atoms with Crippen LogP contribution < -0.4 is 5.32 Å². The van der Waals surface area contributed by atoms with Gasteiger partial charge < -0.3 is 10.2 Å². The molecule has 3 fully saturated rings. The van der Waals surface area contributed by atoms with Crippen LogP contribution in [0.1, 0.15) is 52.4 Å². The minimum absolute atomic E-state index is 0.0727. The van der Waals surface area contributed by atoms with Crippen molar-refractivity contribution in [1.29, 1.82) is 0 Å². The fraction of sp³-hybridized carbons (Fsp3) is 0.941. The zero-order valence-electron chi connectivity index (χ0n) is 13.9. The lowest BCUT2D eigenvalue weighted by molar-refractivity contribution is -0.139. The Morgan fingerprint density at radius 2 is 1.86 bits per heavy atom. The van der Waals surface area contributed by atoms with Crippen LogP contribution >= 0.6 is 0 Å². The van der Waals surface area contributed by atoms with Crippen LogP contribution in [0.25, 0.3) is 0 Å². The number of carbonyl (C=O) groups excluding carboxylic acids is 1. The first-order valence-electron chi connectivity index (χ1n) is 8.73. The van der Waals surface area contributed by atoms with E-state index in [2.05, 4.69) is 36.0 Å². The normalized spacial score (nSPS) is 37.1. The first-order valence-corrected chi connectivity index (χ1v) is 8.73. The highest BCUT2D eigenvalue weighted by Crippen LogP contribution is 2.33. The molecule has 0 aromatic rings. The molecule has 1 aliphatic carbocycles. The Bertz CT molecular complexity index is 395. The summed E-state index contributed by atoms with van der Waals surface area (Å²) in [4.78, 5) is 17.3. The standard InChI is InChI=1S/C17H31N3O/c1-17(2)12-20(11-10-19(17)3)16(21)15-9-8-13-6-4-5-7-14(13)18-15/h13-15,18H,4-12H2,1-3H3. The van der Waals surface area contributed by atoms with Gasteiger partial charge in [0.1, 0.15) is 0 Å². The molecule has 0 aromatic heterocycles. The van der Waals surface area contributed by atoms with E-state index in [0.717, 1.165) is 32.0 Å². The van der Waals surface area contributed by atoms with Crippen molar-refractivity contribution in [3.05, 3.63) is 0 Å². The number of hydrogen-bond acceptors (Lipinski definition) is 3. The summed E-state index contributed by atoms with van der Waals surface area (Å²) in [6.07, 6.45) is 7.62. The van der Waals surface area contributed by atoms with Crippen LogP contribution in [0, 0.1) is 5.92 Å². The van der Waals surface area contributed by atoms with Crippen LogP contribution in [0.4, 0.5) is 0 Å². The maximum Gasteiger partial charge on any atom is 0.239 e. The third-order valence-corrected chi connectivity index (χ3v) is 6.08. The molecule has 2 heterocycles. The molecule has 0 aromatic carbocycles. The third-order valence-electron chi connectivity index (χ3n) is 6.08. The van der Waals surface area contributed by atoms with Crippen LogP contribution in [-0.2, 0) is 4.79 Å². The van der Waals surface area contributed by atoms with Gasteiger partial charge in [-0.1, -0.05) is 12.8 Å². The molecule has 2 aliphatic heterocycles. The molecule has 2 saturated heterocycles. The number of nitrogens with zero attached hydrogens (tertiary/aromatic N) is 2. The second-order valence-corrected chi connectivity index (χ2v) is 7.94. The molecule has 1 N–H and O–H groups in total. The summed E-state index contributed by atoms with van der Waals surface area (Å²) in [7, 11) is 2.16. The Hall–Kier alpha value is -0.610. The van der Waals surface area contributed by atoms with Crippen molar-refractivity contribution in [2.45, 2.75) is 70.0 Å². The van der Waals surface area contributed by atoms with Crippen molar-refractivity contribution in [1.82, 2.24) is 15.1 Å². The van der Waals surface area contributed by atoms with E-state index in [4.69, 9.17) is 0 Å². The molecule has 1 amide bonds. The van der Waals surface area contributed by atoms with Gasteiger partial charge in [0.15, 0.2) is 0 Å². The quantitative estimate of drug-likeness (QED) is 0.801. The SMILES string of the molecule is CN1CCN(C(=O)C2CCC3CCCCC3N2)CC1(C)C. The van der Waals surface area contributed by atoms with Crippen molar-refractivity contribution in [2.24, 2.45) is 5.92 Å². The van der Waals surface area contributed by atoms with Gasteiger partial charge in [-0.25, -0.2) is 0 Å². The van der Waals surface area contributed by atoms with Crippen LogP contribution in [0.2, 0.25) is 0 Å². The highest BCUT2D eigenvalue weighted by Gasteiger charge is 2.39. The van der Waals surface area contributed by atoms with Crippen LogP contribution in [0.5, 0.6) is 0 Å². The molecule has 0 bridgehead atoms. The monoisotopic (exact) mass is 293 g/mol. The zero-order chi connectivity index (χ0) is 15.0. The lowest BCUT2D eigenvalue weighted by atomic mass is 9.77. The van der Waals surface area contributed by atoms with Gasteiger partial charge in [-0.15, -0.1) is 0 Å². The number of rotatable bonds is 1. The topological polar surface area (TPSA) is 35.6 Å². The molecule has 4 heteroatoms. The van der Waals surface area contributed by atoms with Gasteiger partial charge in [-0.3, -0.25) is 9.69 Å². The van der Waals surface area contributed by atoms with E-state index < -0.39 is 0 Å². The van der Waals surface area contributed by atoms with Crippen molar-refractivity contribution in [3.8, 4) is 0 Å². The van der Waals surface area contributed by atoms with Gasteiger partial charge >= 0.3 is 0 Å². The second-order valence-electron chi connectivity index (χ2n) is 7.94. The van der Waals surface area contributed by atoms with E-state index in [1.54, 1.807) is 0 Å². The molecule has 3 unspecified atom stereocenters. The van der Waals surface area contributed by atoms with Gasteiger partial charge in [0.25, 0.3) is 0 Å². The second kappa shape index (κ2) is 5.88. The Morgan fingerprint density at radius 1 is 1.10 bits per heavy atom. The number of hydrogen-bond donors (Lipinski definition) is 1. The average Bonchev–Trinajstić information content (AvgIpc) is 2.48.